The lowest BCUT2D eigenvalue weighted by Gasteiger charge is -2.12. The number of guanidine groups is 1. The van der Waals surface area contributed by atoms with Gasteiger partial charge in [0.05, 0.1) is 13.7 Å². The summed E-state index contributed by atoms with van der Waals surface area (Å²) in [7, 11) is 3.38. The van der Waals surface area contributed by atoms with Crippen molar-refractivity contribution in [3.05, 3.63) is 28.2 Å². The Hall–Kier alpha value is -0.540. The van der Waals surface area contributed by atoms with Crippen molar-refractivity contribution in [2.24, 2.45) is 4.99 Å². The van der Waals surface area contributed by atoms with E-state index in [-0.39, 0.29) is 24.0 Å². The van der Waals surface area contributed by atoms with E-state index in [1.807, 2.05) is 25.1 Å². The summed E-state index contributed by atoms with van der Waals surface area (Å²) in [5.41, 5.74) is 1.04. The first-order valence-electron chi connectivity index (χ1n) is 7.04. The number of nitrogens with zero attached hydrogens (tertiary/aromatic N) is 1. The van der Waals surface area contributed by atoms with E-state index in [2.05, 4.69) is 31.6 Å². The number of hydrogen-bond acceptors (Lipinski definition) is 3. The molecule has 0 amide bonds. The van der Waals surface area contributed by atoms with Crippen LogP contribution in [-0.4, -0.2) is 39.9 Å². The van der Waals surface area contributed by atoms with Gasteiger partial charge in [-0.2, -0.15) is 0 Å². The van der Waals surface area contributed by atoms with E-state index >= 15 is 0 Å². The number of benzene rings is 1. The second-order valence-electron chi connectivity index (χ2n) is 4.42. The molecule has 0 spiro atoms. The van der Waals surface area contributed by atoms with Crippen LogP contribution in [0.15, 0.2) is 27.7 Å². The molecule has 0 aliphatic rings. The van der Waals surface area contributed by atoms with Gasteiger partial charge in [0.25, 0.3) is 0 Å². The Kier molecular flexibility index (Phi) is 12.6. The summed E-state index contributed by atoms with van der Waals surface area (Å²) in [5.74, 6) is 1.65. The maximum absolute atomic E-state index is 5.36. The lowest BCUT2D eigenvalue weighted by Crippen LogP contribution is -2.38. The lowest BCUT2D eigenvalue weighted by atomic mass is 10.2. The van der Waals surface area contributed by atoms with Crippen LogP contribution in [0.3, 0.4) is 0 Å². The summed E-state index contributed by atoms with van der Waals surface area (Å²) in [6, 6.07) is 5.92. The van der Waals surface area contributed by atoms with Crippen LogP contribution in [0.4, 0.5) is 0 Å². The zero-order valence-corrected chi connectivity index (χ0v) is 17.2. The Morgan fingerprint density at radius 2 is 2.05 bits per heavy atom. The van der Waals surface area contributed by atoms with Gasteiger partial charge in [-0.3, -0.25) is 0 Å². The number of methoxy groups -OCH3 is 2. The van der Waals surface area contributed by atoms with E-state index in [4.69, 9.17) is 9.47 Å². The van der Waals surface area contributed by atoms with Crippen LogP contribution in [0.2, 0.25) is 0 Å². The molecule has 0 atom stereocenters. The van der Waals surface area contributed by atoms with Gasteiger partial charge in [0.15, 0.2) is 5.96 Å². The zero-order valence-electron chi connectivity index (χ0n) is 13.3. The first kappa shape index (κ1) is 21.5. The Morgan fingerprint density at radius 1 is 1.27 bits per heavy atom. The maximum atomic E-state index is 5.36. The number of halogens is 2. The third kappa shape index (κ3) is 8.19. The topological polar surface area (TPSA) is 54.9 Å². The summed E-state index contributed by atoms with van der Waals surface area (Å²) in [6.45, 7) is 5.00. The molecule has 0 fully saturated rings. The summed E-state index contributed by atoms with van der Waals surface area (Å²) in [6.07, 6.45) is 0.946. The van der Waals surface area contributed by atoms with Crippen molar-refractivity contribution in [2.45, 2.75) is 19.9 Å². The monoisotopic (exact) mass is 485 g/mol. The van der Waals surface area contributed by atoms with Crippen molar-refractivity contribution in [1.29, 1.82) is 0 Å². The minimum absolute atomic E-state index is 0. The molecule has 2 N–H and O–H groups in total. The highest BCUT2D eigenvalue weighted by Crippen LogP contribution is 2.23. The second kappa shape index (κ2) is 13.0. The molecular weight excluding hydrogens is 461 g/mol. The average Bonchev–Trinajstić information content (AvgIpc) is 2.49. The quantitative estimate of drug-likeness (QED) is 0.257. The van der Waals surface area contributed by atoms with Gasteiger partial charge in [0.1, 0.15) is 5.75 Å². The van der Waals surface area contributed by atoms with E-state index in [1.54, 1.807) is 14.2 Å². The first-order valence-corrected chi connectivity index (χ1v) is 7.84. The Bertz CT molecular complexity index is 458. The molecule has 1 aromatic rings. The Morgan fingerprint density at radius 3 is 2.68 bits per heavy atom. The fourth-order valence-electron chi connectivity index (χ4n) is 1.80. The largest absolute Gasteiger partial charge is 0.496 e. The summed E-state index contributed by atoms with van der Waals surface area (Å²) in [4.78, 5) is 4.58. The number of aliphatic imine (C=N–C) groups is 1. The van der Waals surface area contributed by atoms with E-state index in [9.17, 15) is 0 Å². The molecule has 0 saturated heterocycles. The van der Waals surface area contributed by atoms with Crippen LogP contribution in [0, 0.1) is 0 Å². The van der Waals surface area contributed by atoms with Crippen molar-refractivity contribution in [3.63, 3.8) is 0 Å². The van der Waals surface area contributed by atoms with Crippen LogP contribution in [0.5, 0.6) is 5.75 Å². The van der Waals surface area contributed by atoms with Gasteiger partial charge in [-0.1, -0.05) is 15.9 Å². The van der Waals surface area contributed by atoms with Gasteiger partial charge in [0, 0.05) is 36.8 Å². The van der Waals surface area contributed by atoms with Crippen LogP contribution in [0.1, 0.15) is 18.9 Å². The highest BCUT2D eigenvalue weighted by molar-refractivity contribution is 14.0. The molecule has 0 aromatic heterocycles. The third-order valence-electron chi connectivity index (χ3n) is 2.81. The molecule has 0 unspecified atom stereocenters. The van der Waals surface area contributed by atoms with Crippen LogP contribution in [0.25, 0.3) is 0 Å². The molecule has 0 saturated carbocycles. The summed E-state index contributed by atoms with van der Waals surface area (Å²) >= 11 is 3.47. The minimum Gasteiger partial charge on any atom is -0.496 e. The van der Waals surface area contributed by atoms with E-state index < -0.39 is 0 Å². The highest BCUT2D eigenvalue weighted by Gasteiger charge is 2.04. The van der Waals surface area contributed by atoms with Crippen molar-refractivity contribution < 1.29 is 9.47 Å². The van der Waals surface area contributed by atoms with Gasteiger partial charge >= 0.3 is 0 Å². The number of ether oxygens (including phenoxy) is 2. The molecule has 0 heterocycles. The molecule has 1 rings (SSSR count). The van der Waals surface area contributed by atoms with Gasteiger partial charge in [-0.25, -0.2) is 4.99 Å². The minimum atomic E-state index is 0. The van der Waals surface area contributed by atoms with Crippen molar-refractivity contribution in [2.75, 3.05) is 33.9 Å². The molecule has 22 heavy (non-hydrogen) atoms. The molecule has 0 radical (unpaired) electrons. The van der Waals surface area contributed by atoms with E-state index in [1.165, 1.54) is 0 Å². The van der Waals surface area contributed by atoms with E-state index in [0.29, 0.717) is 6.54 Å². The lowest BCUT2D eigenvalue weighted by molar-refractivity contribution is 0.195. The third-order valence-corrected chi connectivity index (χ3v) is 3.31. The van der Waals surface area contributed by atoms with Gasteiger partial charge in [0.2, 0.25) is 0 Å². The SMILES string of the molecule is CCNC(=NCc1cc(Br)ccc1OC)NCCCOC.I. The molecule has 0 bridgehead atoms. The summed E-state index contributed by atoms with van der Waals surface area (Å²) < 4.78 is 11.4. The van der Waals surface area contributed by atoms with Crippen LogP contribution >= 0.6 is 39.9 Å². The highest BCUT2D eigenvalue weighted by atomic mass is 127. The Balaban J connectivity index is 0.00000441. The maximum Gasteiger partial charge on any atom is 0.191 e. The molecule has 126 valence electrons. The number of hydrogen-bond donors (Lipinski definition) is 2. The van der Waals surface area contributed by atoms with Crippen LogP contribution in [-0.2, 0) is 11.3 Å². The van der Waals surface area contributed by atoms with Gasteiger partial charge < -0.3 is 20.1 Å². The molecular formula is C15H25BrIN3O2. The first-order chi connectivity index (χ1) is 10.2. The molecule has 1 aromatic carbocycles. The molecule has 0 aliphatic carbocycles. The number of rotatable bonds is 8. The molecule has 0 aliphatic heterocycles. The smallest absolute Gasteiger partial charge is 0.191 e. The standard InChI is InChI=1S/C15H24BrN3O2.HI/c1-4-17-15(18-8-5-9-20-2)19-11-12-10-13(16)6-7-14(12)21-3;/h6-7,10H,4-5,8-9,11H2,1-3H3,(H2,17,18,19);1H. The average molecular weight is 486 g/mol. The molecule has 7 heteroatoms. The second-order valence-corrected chi connectivity index (χ2v) is 5.34. The normalized spacial score (nSPS) is 10.8. The van der Waals surface area contributed by atoms with Crippen molar-refractivity contribution >= 4 is 45.9 Å². The van der Waals surface area contributed by atoms with Gasteiger partial charge in [-0.05, 0) is 31.5 Å². The van der Waals surface area contributed by atoms with Crippen molar-refractivity contribution in [1.82, 2.24) is 10.6 Å². The van der Waals surface area contributed by atoms with Crippen molar-refractivity contribution in [3.8, 4) is 5.75 Å². The predicted molar refractivity (Wildman–Crippen MR) is 105 cm³/mol. The zero-order chi connectivity index (χ0) is 15.5. The van der Waals surface area contributed by atoms with Gasteiger partial charge in [-0.15, -0.1) is 24.0 Å². The Labute approximate surface area is 158 Å². The summed E-state index contributed by atoms with van der Waals surface area (Å²) in [5, 5.41) is 6.51. The van der Waals surface area contributed by atoms with Crippen LogP contribution < -0.4 is 15.4 Å². The van der Waals surface area contributed by atoms with E-state index in [0.717, 1.165) is 47.9 Å². The fourth-order valence-corrected chi connectivity index (χ4v) is 2.21. The predicted octanol–water partition coefficient (Wildman–Crippen LogP) is 3.17. The fraction of sp³-hybridized carbons (Fsp3) is 0.533. The number of nitrogens with one attached hydrogen (secondary N) is 2. The molecule has 5 nitrogen and oxygen atoms in total.